The number of nitrogens with one attached hydrogen (secondary N) is 2. The van der Waals surface area contributed by atoms with Crippen LogP contribution in [0.1, 0.15) is 26.2 Å². The van der Waals surface area contributed by atoms with Gasteiger partial charge in [0.2, 0.25) is 5.91 Å². The maximum absolute atomic E-state index is 10.7. The fraction of sp³-hybridized carbons (Fsp3) is 0.778. The Kier molecular flexibility index (Phi) is 3.88. The van der Waals surface area contributed by atoms with E-state index in [-0.39, 0.29) is 5.91 Å². The summed E-state index contributed by atoms with van der Waals surface area (Å²) < 4.78 is 0. The first-order valence-electron chi connectivity index (χ1n) is 4.83. The predicted molar refractivity (Wildman–Crippen MR) is 50.9 cm³/mol. The second kappa shape index (κ2) is 4.95. The Morgan fingerprint density at radius 2 is 2.14 bits per heavy atom. The summed E-state index contributed by atoms with van der Waals surface area (Å²) in [4.78, 5) is 21.4. The van der Waals surface area contributed by atoms with Crippen LogP contribution in [0.5, 0.6) is 0 Å². The molecule has 0 aromatic rings. The molecule has 5 heteroatoms. The first kappa shape index (κ1) is 11.0. The van der Waals surface area contributed by atoms with Gasteiger partial charge in [-0.2, -0.15) is 0 Å². The van der Waals surface area contributed by atoms with E-state index in [2.05, 4.69) is 10.6 Å². The van der Waals surface area contributed by atoms with E-state index in [0.29, 0.717) is 12.6 Å². The number of carbonyl (C=O) groups excluding carboxylic acids is 1. The molecule has 1 aliphatic carbocycles. The summed E-state index contributed by atoms with van der Waals surface area (Å²) in [5.74, 6) is -1.31. The van der Waals surface area contributed by atoms with Crippen LogP contribution in [0.15, 0.2) is 0 Å². The average molecular weight is 200 g/mol. The molecule has 1 saturated carbocycles. The standard InChI is InChI=1S/C9H16N2O3/c1-6(12)11-8(9(13)14)5-10-7-3-2-4-7/h7-8,10H,2-5H2,1H3,(H,11,12)(H,13,14). The van der Waals surface area contributed by atoms with Crippen molar-refractivity contribution < 1.29 is 14.7 Å². The molecule has 0 bridgehead atoms. The minimum atomic E-state index is -0.993. The van der Waals surface area contributed by atoms with Gasteiger partial charge < -0.3 is 15.7 Å². The molecule has 0 heterocycles. The van der Waals surface area contributed by atoms with Crippen LogP contribution in [-0.2, 0) is 9.59 Å². The van der Waals surface area contributed by atoms with Crippen LogP contribution < -0.4 is 10.6 Å². The lowest BCUT2D eigenvalue weighted by atomic mass is 9.93. The van der Waals surface area contributed by atoms with Gasteiger partial charge in [-0.1, -0.05) is 6.42 Å². The van der Waals surface area contributed by atoms with Crippen molar-refractivity contribution in [1.29, 1.82) is 0 Å². The van der Waals surface area contributed by atoms with Crippen LogP contribution in [0.2, 0.25) is 0 Å². The van der Waals surface area contributed by atoms with Gasteiger partial charge >= 0.3 is 5.97 Å². The van der Waals surface area contributed by atoms with Crippen molar-refractivity contribution in [2.24, 2.45) is 0 Å². The monoisotopic (exact) mass is 200 g/mol. The molecular weight excluding hydrogens is 184 g/mol. The van der Waals surface area contributed by atoms with Gasteiger partial charge in [-0.25, -0.2) is 4.79 Å². The van der Waals surface area contributed by atoms with E-state index in [1.54, 1.807) is 0 Å². The van der Waals surface area contributed by atoms with Crippen molar-refractivity contribution >= 4 is 11.9 Å². The third kappa shape index (κ3) is 3.33. The predicted octanol–water partition coefficient (Wildman–Crippen LogP) is -0.282. The average Bonchev–Trinajstić information content (AvgIpc) is 1.98. The molecule has 0 aromatic heterocycles. The summed E-state index contributed by atoms with van der Waals surface area (Å²) in [6.45, 7) is 1.62. The summed E-state index contributed by atoms with van der Waals surface area (Å²) >= 11 is 0. The number of rotatable bonds is 5. The van der Waals surface area contributed by atoms with Crippen molar-refractivity contribution in [3.8, 4) is 0 Å². The Labute approximate surface area is 82.9 Å². The summed E-state index contributed by atoms with van der Waals surface area (Å²) in [6.07, 6.45) is 3.41. The van der Waals surface area contributed by atoms with Gasteiger partial charge in [-0.3, -0.25) is 4.79 Å². The molecule has 0 aliphatic heterocycles. The molecule has 5 nitrogen and oxygen atoms in total. The molecule has 0 radical (unpaired) electrons. The van der Waals surface area contributed by atoms with Crippen molar-refractivity contribution in [2.45, 2.75) is 38.3 Å². The van der Waals surface area contributed by atoms with Crippen molar-refractivity contribution in [1.82, 2.24) is 10.6 Å². The largest absolute Gasteiger partial charge is 0.480 e. The molecule has 14 heavy (non-hydrogen) atoms. The zero-order valence-electron chi connectivity index (χ0n) is 8.25. The van der Waals surface area contributed by atoms with Crippen molar-refractivity contribution in [2.75, 3.05) is 6.54 Å². The quantitative estimate of drug-likeness (QED) is 0.570. The zero-order chi connectivity index (χ0) is 10.6. The maximum atomic E-state index is 10.7. The summed E-state index contributed by atoms with van der Waals surface area (Å²) in [5, 5.41) is 14.3. The number of carbonyl (C=O) groups is 2. The lowest BCUT2D eigenvalue weighted by molar-refractivity contribution is -0.141. The van der Waals surface area contributed by atoms with E-state index in [1.165, 1.54) is 13.3 Å². The normalized spacial score (nSPS) is 18.4. The lowest BCUT2D eigenvalue weighted by Crippen LogP contribution is -2.49. The van der Waals surface area contributed by atoms with Gasteiger partial charge in [-0.15, -0.1) is 0 Å². The minimum absolute atomic E-state index is 0.305. The van der Waals surface area contributed by atoms with E-state index in [0.717, 1.165) is 12.8 Å². The molecule has 1 fully saturated rings. The Morgan fingerprint density at radius 1 is 1.50 bits per heavy atom. The van der Waals surface area contributed by atoms with E-state index >= 15 is 0 Å². The van der Waals surface area contributed by atoms with E-state index < -0.39 is 12.0 Å². The molecule has 1 aliphatic rings. The maximum Gasteiger partial charge on any atom is 0.327 e. The highest BCUT2D eigenvalue weighted by atomic mass is 16.4. The van der Waals surface area contributed by atoms with Crippen LogP contribution in [-0.4, -0.2) is 35.6 Å². The van der Waals surface area contributed by atoms with E-state index in [9.17, 15) is 9.59 Å². The molecule has 0 saturated heterocycles. The van der Waals surface area contributed by atoms with Crippen molar-refractivity contribution in [3.63, 3.8) is 0 Å². The number of hydrogen-bond donors (Lipinski definition) is 3. The Morgan fingerprint density at radius 3 is 2.50 bits per heavy atom. The molecular formula is C9H16N2O3. The van der Waals surface area contributed by atoms with Gasteiger partial charge in [0.25, 0.3) is 0 Å². The first-order chi connectivity index (χ1) is 6.59. The summed E-state index contributed by atoms with van der Waals surface area (Å²) in [6, 6.07) is -0.376. The van der Waals surface area contributed by atoms with Crippen molar-refractivity contribution in [3.05, 3.63) is 0 Å². The van der Waals surface area contributed by atoms with Gasteiger partial charge in [-0.05, 0) is 12.8 Å². The molecule has 1 rings (SSSR count). The van der Waals surface area contributed by atoms with Crippen LogP contribution >= 0.6 is 0 Å². The number of hydrogen-bond acceptors (Lipinski definition) is 3. The van der Waals surface area contributed by atoms with Crippen LogP contribution in [0.25, 0.3) is 0 Å². The molecule has 1 atom stereocenters. The van der Waals surface area contributed by atoms with E-state index in [4.69, 9.17) is 5.11 Å². The summed E-state index contributed by atoms with van der Waals surface area (Å²) in [5.41, 5.74) is 0. The lowest BCUT2D eigenvalue weighted by Gasteiger charge is -2.28. The third-order valence-electron chi connectivity index (χ3n) is 2.39. The van der Waals surface area contributed by atoms with Gasteiger partial charge in [0, 0.05) is 19.5 Å². The minimum Gasteiger partial charge on any atom is -0.480 e. The smallest absolute Gasteiger partial charge is 0.327 e. The van der Waals surface area contributed by atoms with Crippen LogP contribution in [0, 0.1) is 0 Å². The number of amides is 1. The first-order valence-corrected chi connectivity index (χ1v) is 4.83. The fourth-order valence-corrected chi connectivity index (χ4v) is 1.34. The summed E-state index contributed by atoms with van der Waals surface area (Å²) in [7, 11) is 0. The van der Waals surface area contributed by atoms with E-state index in [1.807, 2.05) is 0 Å². The fourth-order valence-electron chi connectivity index (χ4n) is 1.34. The second-order valence-electron chi connectivity index (χ2n) is 3.63. The molecule has 1 unspecified atom stereocenters. The SMILES string of the molecule is CC(=O)NC(CNC1CCC1)C(=O)O. The van der Waals surface area contributed by atoms with Crippen LogP contribution in [0.4, 0.5) is 0 Å². The number of carboxylic acids is 1. The Balaban J connectivity index is 2.26. The number of aliphatic carboxylic acids is 1. The van der Waals surface area contributed by atoms with Gasteiger partial charge in [0.05, 0.1) is 0 Å². The Hall–Kier alpha value is -1.10. The highest BCUT2D eigenvalue weighted by molar-refractivity contribution is 5.82. The topological polar surface area (TPSA) is 78.4 Å². The molecule has 0 aromatic carbocycles. The highest BCUT2D eigenvalue weighted by Gasteiger charge is 2.22. The molecule has 0 spiro atoms. The Bertz CT molecular complexity index is 226. The zero-order valence-corrected chi connectivity index (χ0v) is 8.25. The molecule has 80 valence electrons. The second-order valence-corrected chi connectivity index (χ2v) is 3.63. The van der Waals surface area contributed by atoms with Crippen LogP contribution in [0.3, 0.4) is 0 Å². The van der Waals surface area contributed by atoms with Gasteiger partial charge in [0.15, 0.2) is 0 Å². The molecule has 3 N–H and O–H groups in total. The van der Waals surface area contributed by atoms with Gasteiger partial charge in [0.1, 0.15) is 6.04 Å². The third-order valence-corrected chi connectivity index (χ3v) is 2.39. The molecule has 1 amide bonds. The highest BCUT2D eigenvalue weighted by Crippen LogP contribution is 2.17. The number of carboxylic acid groups (broad SMARTS) is 1.